The molecular weight excluding hydrogens is 406 g/mol. The van der Waals surface area contributed by atoms with E-state index in [0.717, 1.165) is 64.3 Å². The molecule has 7 heteroatoms. The molecule has 0 atom stereocenters. The third-order valence-corrected chi connectivity index (χ3v) is 7.29. The largest absolute Gasteiger partial charge is 0.456 e. The molecule has 32 heavy (non-hydrogen) atoms. The van der Waals surface area contributed by atoms with Crippen LogP contribution in [0.15, 0.2) is 27.1 Å². The first kappa shape index (κ1) is 21.7. The Bertz CT molecular complexity index is 855. The average Bonchev–Trinajstić information content (AvgIpc) is 3.51. The third-order valence-electron chi connectivity index (χ3n) is 7.29. The van der Waals surface area contributed by atoms with Gasteiger partial charge in [-0.25, -0.2) is 0 Å². The van der Waals surface area contributed by atoms with E-state index >= 15 is 0 Å². The quantitative estimate of drug-likeness (QED) is 0.637. The average molecular weight is 442 g/mol. The van der Waals surface area contributed by atoms with Gasteiger partial charge in [0.15, 0.2) is 11.5 Å². The number of hydrogen-bond acceptors (Lipinski definition) is 6. The standard InChI is InChI=1S/C25H35N3O4/c29-25(28(19-7-3-1-4-8-19)20-9-5-2-6-10-20)22-17-24(32-26-22)23-12-11-21(31-23)18-27-13-15-30-16-14-27/h11-12,17,19-20H,1-10,13-16,18H2. The monoisotopic (exact) mass is 441 g/mol. The van der Waals surface area contributed by atoms with Crippen LogP contribution in [0.4, 0.5) is 0 Å². The van der Waals surface area contributed by atoms with Gasteiger partial charge in [0.05, 0.1) is 19.8 Å². The molecular formula is C25H35N3O4. The van der Waals surface area contributed by atoms with Crippen LogP contribution in [0.5, 0.6) is 0 Å². The number of aromatic nitrogens is 1. The molecule has 5 rings (SSSR count). The fourth-order valence-corrected chi connectivity index (χ4v) is 5.55. The predicted molar refractivity (Wildman–Crippen MR) is 120 cm³/mol. The summed E-state index contributed by atoms with van der Waals surface area (Å²) >= 11 is 0. The van der Waals surface area contributed by atoms with E-state index in [1.54, 1.807) is 6.07 Å². The molecule has 3 heterocycles. The number of nitrogens with zero attached hydrogens (tertiary/aromatic N) is 3. The Morgan fingerprint density at radius 3 is 2.25 bits per heavy atom. The minimum Gasteiger partial charge on any atom is -0.456 e. The fraction of sp³-hybridized carbons (Fsp3) is 0.680. The smallest absolute Gasteiger partial charge is 0.276 e. The summed E-state index contributed by atoms with van der Waals surface area (Å²) < 4.78 is 17.0. The first-order valence-electron chi connectivity index (χ1n) is 12.5. The Morgan fingerprint density at radius 1 is 0.938 bits per heavy atom. The van der Waals surface area contributed by atoms with Gasteiger partial charge in [-0.05, 0) is 37.8 Å². The summed E-state index contributed by atoms with van der Waals surface area (Å²) in [7, 11) is 0. The molecule has 3 aliphatic rings. The molecule has 0 radical (unpaired) electrons. The summed E-state index contributed by atoms with van der Waals surface area (Å²) in [4.78, 5) is 18.1. The molecule has 0 bridgehead atoms. The maximum atomic E-state index is 13.6. The Morgan fingerprint density at radius 2 is 1.59 bits per heavy atom. The fourth-order valence-electron chi connectivity index (χ4n) is 5.55. The second-order valence-corrected chi connectivity index (χ2v) is 9.53. The van der Waals surface area contributed by atoms with Gasteiger partial charge in [-0.1, -0.05) is 43.7 Å². The van der Waals surface area contributed by atoms with Crippen molar-refractivity contribution in [3.05, 3.63) is 29.7 Å². The highest BCUT2D eigenvalue weighted by Crippen LogP contribution is 2.32. The van der Waals surface area contributed by atoms with Gasteiger partial charge in [0, 0.05) is 31.2 Å². The number of furan rings is 1. The lowest BCUT2D eigenvalue weighted by molar-refractivity contribution is 0.0314. The number of amides is 1. The third kappa shape index (κ3) is 4.94. The zero-order valence-electron chi connectivity index (χ0n) is 19.0. The molecule has 1 saturated heterocycles. The molecule has 0 spiro atoms. The van der Waals surface area contributed by atoms with Crippen LogP contribution in [-0.4, -0.2) is 59.3 Å². The van der Waals surface area contributed by atoms with Crippen LogP contribution in [-0.2, 0) is 11.3 Å². The van der Waals surface area contributed by atoms with Crippen molar-refractivity contribution in [1.29, 1.82) is 0 Å². The Labute approximate surface area is 190 Å². The molecule has 2 aromatic heterocycles. The van der Waals surface area contributed by atoms with Crippen molar-refractivity contribution in [2.24, 2.45) is 0 Å². The topological polar surface area (TPSA) is 72.0 Å². The molecule has 1 amide bonds. The summed E-state index contributed by atoms with van der Waals surface area (Å²) in [6.45, 7) is 4.10. The minimum atomic E-state index is 0.0268. The van der Waals surface area contributed by atoms with Crippen molar-refractivity contribution in [2.45, 2.75) is 82.8 Å². The second kappa shape index (κ2) is 10.2. The van der Waals surface area contributed by atoms with Crippen LogP contribution < -0.4 is 0 Å². The van der Waals surface area contributed by atoms with Crippen LogP contribution in [0.2, 0.25) is 0 Å². The van der Waals surface area contributed by atoms with Gasteiger partial charge >= 0.3 is 0 Å². The van der Waals surface area contributed by atoms with Crippen molar-refractivity contribution in [3.8, 4) is 11.5 Å². The highest BCUT2D eigenvalue weighted by atomic mass is 16.5. The molecule has 2 saturated carbocycles. The predicted octanol–water partition coefficient (Wildman–Crippen LogP) is 4.87. The number of hydrogen-bond donors (Lipinski definition) is 0. The van der Waals surface area contributed by atoms with E-state index in [1.807, 2.05) is 12.1 Å². The van der Waals surface area contributed by atoms with Gasteiger partial charge in [0.1, 0.15) is 5.76 Å². The Balaban J connectivity index is 1.30. The normalized spacial score (nSPS) is 21.6. The van der Waals surface area contributed by atoms with Gasteiger partial charge in [-0.2, -0.15) is 0 Å². The maximum Gasteiger partial charge on any atom is 0.276 e. The summed E-state index contributed by atoms with van der Waals surface area (Å²) in [5, 5.41) is 4.17. The van der Waals surface area contributed by atoms with Crippen LogP contribution >= 0.6 is 0 Å². The molecule has 3 fully saturated rings. The van der Waals surface area contributed by atoms with E-state index in [1.165, 1.54) is 38.5 Å². The van der Waals surface area contributed by atoms with Gasteiger partial charge in [-0.15, -0.1) is 0 Å². The van der Waals surface area contributed by atoms with Gasteiger partial charge in [0.25, 0.3) is 5.91 Å². The molecule has 2 aliphatic carbocycles. The van der Waals surface area contributed by atoms with Crippen LogP contribution in [0.1, 0.15) is 80.5 Å². The van der Waals surface area contributed by atoms with E-state index in [2.05, 4.69) is 15.0 Å². The molecule has 0 unspecified atom stereocenters. The van der Waals surface area contributed by atoms with Crippen LogP contribution in [0.25, 0.3) is 11.5 Å². The van der Waals surface area contributed by atoms with Gasteiger partial charge in [-0.3, -0.25) is 9.69 Å². The number of rotatable bonds is 6. The van der Waals surface area contributed by atoms with Crippen molar-refractivity contribution in [3.63, 3.8) is 0 Å². The SMILES string of the molecule is O=C(c1cc(-c2ccc(CN3CCOCC3)o2)on1)N(C1CCCCC1)C1CCCCC1. The van der Waals surface area contributed by atoms with Crippen LogP contribution in [0.3, 0.4) is 0 Å². The van der Waals surface area contributed by atoms with E-state index in [4.69, 9.17) is 13.7 Å². The highest BCUT2D eigenvalue weighted by molar-refractivity contribution is 5.93. The number of carbonyl (C=O) groups is 1. The van der Waals surface area contributed by atoms with E-state index < -0.39 is 0 Å². The molecule has 0 aromatic carbocycles. The van der Waals surface area contributed by atoms with Gasteiger partial charge < -0.3 is 18.6 Å². The van der Waals surface area contributed by atoms with E-state index in [9.17, 15) is 4.79 Å². The van der Waals surface area contributed by atoms with E-state index in [0.29, 0.717) is 29.3 Å². The molecule has 7 nitrogen and oxygen atoms in total. The zero-order chi connectivity index (χ0) is 21.8. The number of carbonyl (C=O) groups excluding carboxylic acids is 1. The Kier molecular flexibility index (Phi) is 6.93. The minimum absolute atomic E-state index is 0.0268. The van der Waals surface area contributed by atoms with E-state index in [-0.39, 0.29) is 5.91 Å². The summed E-state index contributed by atoms with van der Waals surface area (Å²) in [6, 6.07) is 6.32. The Hall–Kier alpha value is -2.12. The molecule has 2 aromatic rings. The van der Waals surface area contributed by atoms with Crippen molar-refractivity contribution in [1.82, 2.24) is 15.0 Å². The lowest BCUT2D eigenvalue weighted by Gasteiger charge is -2.41. The first-order chi connectivity index (χ1) is 15.8. The van der Waals surface area contributed by atoms with Crippen LogP contribution in [0, 0.1) is 0 Å². The maximum absolute atomic E-state index is 13.6. The lowest BCUT2D eigenvalue weighted by atomic mass is 9.88. The molecule has 0 N–H and O–H groups in total. The summed E-state index contributed by atoms with van der Waals surface area (Å²) in [5.41, 5.74) is 0.405. The van der Waals surface area contributed by atoms with Crippen molar-refractivity contribution >= 4 is 5.91 Å². The highest BCUT2D eigenvalue weighted by Gasteiger charge is 2.34. The number of ether oxygens (including phenoxy) is 1. The van der Waals surface area contributed by atoms with Gasteiger partial charge in [0.2, 0.25) is 5.76 Å². The molecule has 1 aliphatic heterocycles. The zero-order valence-corrected chi connectivity index (χ0v) is 19.0. The summed E-state index contributed by atoms with van der Waals surface area (Å²) in [5.74, 6) is 2.06. The first-order valence-corrected chi connectivity index (χ1v) is 12.5. The second-order valence-electron chi connectivity index (χ2n) is 9.53. The van der Waals surface area contributed by atoms with Crippen molar-refractivity contribution in [2.75, 3.05) is 26.3 Å². The molecule has 174 valence electrons. The lowest BCUT2D eigenvalue weighted by Crippen LogP contribution is -2.48. The number of morpholine rings is 1. The van der Waals surface area contributed by atoms with Crippen molar-refractivity contribution < 1.29 is 18.5 Å². The summed E-state index contributed by atoms with van der Waals surface area (Å²) in [6.07, 6.45) is 11.8.